The summed E-state index contributed by atoms with van der Waals surface area (Å²) in [5.41, 5.74) is 11.2. The number of nitrogen functional groups attached to an aromatic ring is 1. The summed E-state index contributed by atoms with van der Waals surface area (Å²) in [4.78, 5) is 15.5. The smallest absolute Gasteiger partial charge is 0.168 e. The van der Waals surface area contributed by atoms with E-state index in [1.54, 1.807) is 32.2 Å². The number of Topliss-reactive ketones (excluding diaryl/α,β-unsaturated/α-hetero) is 1. The fourth-order valence-electron chi connectivity index (χ4n) is 1.16. The van der Waals surface area contributed by atoms with Gasteiger partial charge in [-0.05, 0) is 26.0 Å². The molecule has 0 atom stereocenters. The number of carbonyl (C=O) groups is 1. The first-order chi connectivity index (χ1) is 6.40. The lowest BCUT2D eigenvalue weighted by molar-refractivity contribution is 0.0961. The van der Waals surface area contributed by atoms with Gasteiger partial charge in [-0.25, -0.2) is 4.98 Å². The first-order valence-electron chi connectivity index (χ1n) is 4.43. The highest BCUT2D eigenvalue weighted by atomic mass is 16.1. The molecule has 0 fully saturated rings. The molecule has 0 saturated heterocycles. The van der Waals surface area contributed by atoms with Gasteiger partial charge in [-0.2, -0.15) is 0 Å². The molecular formula is C10H15N3O. The molecule has 4 N–H and O–H groups in total. The number of carbonyl (C=O) groups excluding carboxylic acids is 1. The minimum Gasteiger partial charge on any atom is -0.383 e. The van der Waals surface area contributed by atoms with Gasteiger partial charge < -0.3 is 11.5 Å². The van der Waals surface area contributed by atoms with Crippen LogP contribution in [0.2, 0.25) is 0 Å². The minimum atomic E-state index is -0.515. The summed E-state index contributed by atoms with van der Waals surface area (Å²) in [6, 6.07) is 3.35. The second kappa shape index (κ2) is 3.75. The summed E-state index contributed by atoms with van der Waals surface area (Å²) in [6.07, 6.45) is 1.82. The zero-order valence-electron chi connectivity index (χ0n) is 8.45. The van der Waals surface area contributed by atoms with Gasteiger partial charge >= 0.3 is 0 Å². The van der Waals surface area contributed by atoms with Crippen molar-refractivity contribution < 1.29 is 4.79 Å². The molecule has 1 aromatic heterocycles. The number of aromatic nitrogens is 1. The Morgan fingerprint density at radius 2 is 2.21 bits per heavy atom. The van der Waals surface area contributed by atoms with E-state index in [1.165, 1.54) is 0 Å². The van der Waals surface area contributed by atoms with Crippen LogP contribution in [0.5, 0.6) is 0 Å². The van der Waals surface area contributed by atoms with Gasteiger partial charge in [0.1, 0.15) is 5.82 Å². The fraction of sp³-hybridized carbons (Fsp3) is 0.400. The number of ketones is 1. The van der Waals surface area contributed by atoms with Crippen LogP contribution in [0.3, 0.4) is 0 Å². The van der Waals surface area contributed by atoms with Crippen molar-refractivity contribution in [2.24, 2.45) is 5.73 Å². The Morgan fingerprint density at radius 1 is 1.57 bits per heavy atom. The molecule has 0 spiro atoms. The number of anilines is 1. The number of nitrogens with zero attached hydrogens (tertiary/aromatic N) is 1. The van der Waals surface area contributed by atoms with Gasteiger partial charge in [0, 0.05) is 18.2 Å². The average Bonchev–Trinajstić information content (AvgIpc) is 2.01. The lowest BCUT2D eigenvalue weighted by Gasteiger charge is -2.17. The van der Waals surface area contributed by atoms with Crippen molar-refractivity contribution in [1.82, 2.24) is 4.98 Å². The topological polar surface area (TPSA) is 82.0 Å². The molecule has 76 valence electrons. The van der Waals surface area contributed by atoms with Gasteiger partial charge in [0.15, 0.2) is 5.78 Å². The van der Waals surface area contributed by atoms with E-state index in [0.717, 1.165) is 0 Å². The molecule has 0 bridgehead atoms. The quantitative estimate of drug-likeness (QED) is 0.701. The lowest BCUT2D eigenvalue weighted by atomic mass is 9.96. The molecule has 0 aromatic carbocycles. The number of pyridine rings is 1. The van der Waals surface area contributed by atoms with Crippen LogP contribution in [-0.2, 0) is 0 Å². The maximum atomic E-state index is 11.7. The van der Waals surface area contributed by atoms with Crippen LogP contribution < -0.4 is 11.5 Å². The van der Waals surface area contributed by atoms with E-state index in [-0.39, 0.29) is 18.0 Å². The highest BCUT2D eigenvalue weighted by Crippen LogP contribution is 2.14. The first-order valence-corrected chi connectivity index (χ1v) is 4.43. The van der Waals surface area contributed by atoms with E-state index in [1.807, 2.05) is 0 Å². The molecule has 0 aliphatic heterocycles. The van der Waals surface area contributed by atoms with E-state index < -0.39 is 5.54 Å². The summed E-state index contributed by atoms with van der Waals surface area (Å²) in [5, 5.41) is 0. The fourth-order valence-corrected chi connectivity index (χ4v) is 1.16. The monoisotopic (exact) mass is 193 g/mol. The third-order valence-corrected chi connectivity index (χ3v) is 1.76. The Labute approximate surface area is 83.3 Å². The molecule has 1 rings (SSSR count). The lowest BCUT2D eigenvalue weighted by Crippen LogP contribution is -2.34. The molecule has 0 amide bonds. The Balaban J connectivity index is 2.86. The Hall–Kier alpha value is -1.42. The van der Waals surface area contributed by atoms with Crippen molar-refractivity contribution in [3.63, 3.8) is 0 Å². The molecule has 0 radical (unpaired) electrons. The number of hydrogen-bond acceptors (Lipinski definition) is 4. The third kappa shape index (κ3) is 2.81. The second-order valence-corrected chi connectivity index (χ2v) is 4.02. The summed E-state index contributed by atoms with van der Waals surface area (Å²) in [5.74, 6) is 0.199. The first kappa shape index (κ1) is 10.7. The molecule has 0 aliphatic rings. The summed E-state index contributed by atoms with van der Waals surface area (Å²) < 4.78 is 0. The van der Waals surface area contributed by atoms with Crippen LogP contribution in [-0.4, -0.2) is 16.3 Å². The third-order valence-electron chi connectivity index (χ3n) is 1.76. The van der Waals surface area contributed by atoms with Gasteiger partial charge in [-0.1, -0.05) is 0 Å². The van der Waals surface area contributed by atoms with Gasteiger partial charge in [0.2, 0.25) is 0 Å². The molecule has 4 nitrogen and oxygen atoms in total. The predicted octanol–water partition coefficient (Wildman–Crippen LogP) is 0.974. The maximum Gasteiger partial charge on any atom is 0.168 e. The number of nitrogens with two attached hydrogens (primary N) is 2. The van der Waals surface area contributed by atoms with Gasteiger partial charge in [0.25, 0.3) is 0 Å². The van der Waals surface area contributed by atoms with Crippen LogP contribution in [0.15, 0.2) is 18.3 Å². The van der Waals surface area contributed by atoms with Crippen LogP contribution in [0.25, 0.3) is 0 Å². The molecule has 4 heteroatoms. The molecule has 1 heterocycles. The van der Waals surface area contributed by atoms with Crippen LogP contribution in [0.1, 0.15) is 30.6 Å². The zero-order valence-corrected chi connectivity index (χ0v) is 8.45. The van der Waals surface area contributed by atoms with Crippen molar-refractivity contribution in [3.8, 4) is 0 Å². The minimum absolute atomic E-state index is 0.0666. The highest BCUT2D eigenvalue weighted by Gasteiger charge is 2.19. The summed E-state index contributed by atoms with van der Waals surface area (Å²) >= 11 is 0. The molecule has 1 aromatic rings. The largest absolute Gasteiger partial charge is 0.383 e. The van der Waals surface area contributed by atoms with Crippen LogP contribution in [0.4, 0.5) is 5.82 Å². The molecule has 0 unspecified atom stereocenters. The number of hydrogen-bond donors (Lipinski definition) is 2. The maximum absolute atomic E-state index is 11.7. The Kier molecular flexibility index (Phi) is 2.86. The normalized spacial score (nSPS) is 11.4. The van der Waals surface area contributed by atoms with Gasteiger partial charge in [0.05, 0.1) is 5.56 Å². The van der Waals surface area contributed by atoms with E-state index in [2.05, 4.69) is 4.98 Å². The Morgan fingerprint density at radius 3 is 2.71 bits per heavy atom. The highest BCUT2D eigenvalue weighted by molar-refractivity contribution is 6.00. The standard InChI is InChI=1S/C10H15N3O/c1-10(2,12)6-8(14)7-4-3-5-13-9(7)11/h3-5H,6,12H2,1-2H3,(H2,11,13). The molecule has 14 heavy (non-hydrogen) atoms. The Bertz CT molecular complexity index is 341. The van der Waals surface area contributed by atoms with Crippen molar-refractivity contribution in [1.29, 1.82) is 0 Å². The van der Waals surface area contributed by atoms with E-state index in [4.69, 9.17) is 11.5 Å². The van der Waals surface area contributed by atoms with Crippen LogP contribution >= 0.6 is 0 Å². The number of rotatable bonds is 3. The molecular weight excluding hydrogens is 178 g/mol. The van der Waals surface area contributed by atoms with E-state index in [0.29, 0.717) is 5.56 Å². The molecule has 0 aliphatic carbocycles. The summed E-state index contributed by atoms with van der Waals surface area (Å²) in [6.45, 7) is 3.61. The van der Waals surface area contributed by atoms with E-state index in [9.17, 15) is 4.79 Å². The molecule has 0 saturated carbocycles. The van der Waals surface area contributed by atoms with E-state index >= 15 is 0 Å². The van der Waals surface area contributed by atoms with Crippen molar-refractivity contribution >= 4 is 11.6 Å². The average molecular weight is 193 g/mol. The van der Waals surface area contributed by atoms with Crippen molar-refractivity contribution in [3.05, 3.63) is 23.9 Å². The summed E-state index contributed by atoms with van der Waals surface area (Å²) in [7, 11) is 0. The van der Waals surface area contributed by atoms with Crippen LogP contribution in [0, 0.1) is 0 Å². The SMILES string of the molecule is CC(C)(N)CC(=O)c1cccnc1N. The predicted molar refractivity (Wildman–Crippen MR) is 55.9 cm³/mol. The zero-order chi connectivity index (χ0) is 10.8. The van der Waals surface area contributed by atoms with Crippen molar-refractivity contribution in [2.45, 2.75) is 25.8 Å². The van der Waals surface area contributed by atoms with Gasteiger partial charge in [-0.3, -0.25) is 4.79 Å². The second-order valence-electron chi connectivity index (χ2n) is 4.02. The van der Waals surface area contributed by atoms with Crippen molar-refractivity contribution in [2.75, 3.05) is 5.73 Å². The van der Waals surface area contributed by atoms with Gasteiger partial charge in [-0.15, -0.1) is 0 Å².